The summed E-state index contributed by atoms with van der Waals surface area (Å²) in [5.41, 5.74) is 0.486. The summed E-state index contributed by atoms with van der Waals surface area (Å²) in [5, 5.41) is 6.35. The molecule has 2 fully saturated rings. The molecule has 9 heteroatoms. The zero-order chi connectivity index (χ0) is 22.7. The van der Waals surface area contributed by atoms with E-state index in [1.54, 1.807) is 36.4 Å². The van der Waals surface area contributed by atoms with E-state index in [2.05, 4.69) is 10.6 Å². The van der Waals surface area contributed by atoms with Gasteiger partial charge in [-0.05, 0) is 68.0 Å². The topological polar surface area (TPSA) is 95.6 Å². The third kappa shape index (κ3) is 5.31. The van der Waals surface area contributed by atoms with Gasteiger partial charge in [0, 0.05) is 29.7 Å². The average Bonchev–Trinajstić information content (AvgIpc) is 3.62. The molecule has 2 aromatic rings. The largest absolute Gasteiger partial charge is 0.352 e. The van der Waals surface area contributed by atoms with Crippen molar-refractivity contribution in [3.05, 3.63) is 65.2 Å². The first-order valence-corrected chi connectivity index (χ1v) is 12.6. The number of benzene rings is 2. The zero-order valence-corrected chi connectivity index (χ0v) is 19.1. The quantitative estimate of drug-likeness (QED) is 0.643. The maximum absolute atomic E-state index is 13.0. The van der Waals surface area contributed by atoms with Crippen LogP contribution >= 0.6 is 11.6 Å². The molecule has 0 aromatic heterocycles. The van der Waals surface area contributed by atoms with Crippen molar-refractivity contribution in [3.63, 3.8) is 0 Å². The fraction of sp³-hybridized carbons (Fsp3) is 0.391. The van der Waals surface area contributed by atoms with Crippen LogP contribution in [0, 0.1) is 5.92 Å². The molecule has 2 aliphatic rings. The van der Waals surface area contributed by atoms with E-state index in [4.69, 9.17) is 11.6 Å². The van der Waals surface area contributed by atoms with E-state index in [9.17, 15) is 18.0 Å². The zero-order valence-electron chi connectivity index (χ0n) is 17.5. The van der Waals surface area contributed by atoms with Gasteiger partial charge in [-0.2, -0.15) is 4.31 Å². The van der Waals surface area contributed by atoms with Crippen LogP contribution in [-0.2, 0) is 14.8 Å². The number of hydrogen-bond acceptors (Lipinski definition) is 4. The summed E-state index contributed by atoms with van der Waals surface area (Å²) >= 11 is 5.88. The van der Waals surface area contributed by atoms with Crippen LogP contribution in [0.3, 0.4) is 0 Å². The summed E-state index contributed by atoms with van der Waals surface area (Å²) in [6, 6.07) is 14.3. The molecular formula is C23H26ClN3O4S. The maximum atomic E-state index is 13.0. The van der Waals surface area contributed by atoms with Gasteiger partial charge < -0.3 is 10.6 Å². The highest BCUT2D eigenvalue weighted by Gasteiger charge is 2.37. The fourth-order valence-electron chi connectivity index (χ4n) is 3.94. The molecule has 1 aliphatic carbocycles. The van der Waals surface area contributed by atoms with Gasteiger partial charge in [0.05, 0.1) is 4.90 Å². The van der Waals surface area contributed by atoms with Crippen molar-refractivity contribution < 1.29 is 18.0 Å². The van der Waals surface area contributed by atoms with Crippen molar-refractivity contribution in [2.75, 3.05) is 13.1 Å². The van der Waals surface area contributed by atoms with E-state index in [0.29, 0.717) is 23.4 Å². The van der Waals surface area contributed by atoms with Gasteiger partial charge in [0.25, 0.3) is 5.91 Å². The molecule has 1 aliphatic heterocycles. The summed E-state index contributed by atoms with van der Waals surface area (Å²) in [7, 11) is -3.64. The molecule has 0 radical (unpaired) electrons. The number of hydrogen-bond donors (Lipinski definition) is 2. The van der Waals surface area contributed by atoms with Gasteiger partial charge >= 0.3 is 0 Å². The Morgan fingerprint density at radius 3 is 2.16 bits per heavy atom. The second-order valence-electron chi connectivity index (χ2n) is 8.30. The Bertz CT molecular complexity index is 1060. The summed E-state index contributed by atoms with van der Waals surface area (Å²) < 4.78 is 27.4. The highest BCUT2D eigenvalue weighted by molar-refractivity contribution is 7.89. The molecule has 1 unspecified atom stereocenters. The standard InChI is InChI=1S/C23H26ClN3O4S/c24-18-6-10-20(11-7-18)32(30,31)27-14-12-16(13-15-27)21(23(29)25-19-8-9-19)26-22(28)17-4-2-1-3-5-17/h1-7,10-11,16,19,21H,8-9,12-15H2,(H,25,29)(H,26,28). The lowest BCUT2D eigenvalue weighted by atomic mass is 9.89. The van der Waals surface area contributed by atoms with E-state index in [1.807, 2.05) is 6.07 Å². The molecule has 1 saturated heterocycles. The Morgan fingerprint density at radius 1 is 0.938 bits per heavy atom. The van der Waals surface area contributed by atoms with Crippen LogP contribution in [0.5, 0.6) is 0 Å². The molecule has 1 atom stereocenters. The van der Waals surface area contributed by atoms with Gasteiger partial charge in [-0.1, -0.05) is 29.8 Å². The molecule has 4 rings (SSSR count). The minimum Gasteiger partial charge on any atom is -0.352 e. The normalized spacial score (nSPS) is 18.7. The van der Waals surface area contributed by atoms with Crippen molar-refractivity contribution >= 4 is 33.4 Å². The van der Waals surface area contributed by atoms with Crippen LogP contribution in [-0.4, -0.2) is 49.7 Å². The van der Waals surface area contributed by atoms with Crippen molar-refractivity contribution in [2.24, 2.45) is 5.92 Å². The summed E-state index contributed by atoms with van der Waals surface area (Å²) in [4.78, 5) is 25.8. The third-order valence-electron chi connectivity index (χ3n) is 5.95. The molecule has 2 N–H and O–H groups in total. The first kappa shape index (κ1) is 22.8. The van der Waals surface area contributed by atoms with Gasteiger partial charge in [-0.15, -0.1) is 0 Å². The minimum absolute atomic E-state index is 0.155. The predicted octanol–water partition coefficient (Wildman–Crippen LogP) is 2.82. The van der Waals surface area contributed by atoms with E-state index in [-0.39, 0.29) is 41.8 Å². The molecule has 1 saturated carbocycles. The monoisotopic (exact) mass is 475 g/mol. The van der Waals surface area contributed by atoms with Crippen LogP contribution in [0.25, 0.3) is 0 Å². The summed E-state index contributed by atoms with van der Waals surface area (Å²) in [6.45, 7) is 0.564. The van der Waals surface area contributed by atoms with E-state index >= 15 is 0 Å². The number of rotatable bonds is 7. The lowest BCUT2D eigenvalue weighted by Gasteiger charge is -2.35. The van der Waals surface area contributed by atoms with Crippen molar-refractivity contribution in [1.82, 2.24) is 14.9 Å². The van der Waals surface area contributed by atoms with Crippen molar-refractivity contribution in [3.8, 4) is 0 Å². The molecule has 0 spiro atoms. The van der Waals surface area contributed by atoms with Gasteiger partial charge in [0.2, 0.25) is 15.9 Å². The van der Waals surface area contributed by atoms with Crippen LogP contribution in [0.15, 0.2) is 59.5 Å². The van der Waals surface area contributed by atoms with Gasteiger partial charge in [0.1, 0.15) is 6.04 Å². The lowest BCUT2D eigenvalue weighted by Crippen LogP contribution is -2.54. The number of carbonyl (C=O) groups excluding carboxylic acids is 2. The number of nitrogens with one attached hydrogen (secondary N) is 2. The number of carbonyl (C=O) groups is 2. The Morgan fingerprint density at radius 2 is 1.56 bits per heavy atom. The maximum Gasteiger partial charge on any atom is 0.251 e. The first-order chi connectivity index (χ1) is 15.3. The highest BCUT2D eigenvalue weighted by atomic mass is 35.5. The second-order valence-corrected chi connectivity index (χ2v) is 10.7. The van der Waals surface area contributed by atoms with Crippen LogP contribution in [0.1, 0.15) is 36.0 Å². The molecule has 7 nitrogen and oxygen atoms in total. The van der Waals surface area contributed by atoms with Crippen LogP contribution in [0.2, 0.25) is 5.02 Å². The van der Waals surface area contributed by atoms with Crippen LogP contribution < -0.4 is 10.6 Å². The van der Waals surface area contributed by atoms with E-state index in [1.165, 1.54) is 16.4 Å². The lowest BCUT2D eigenvalue weighted by molar-refractivity contribution is -0.124. The first-order valence-electron chi connectivity index (χ1n) is 10.8. The van der Waals surface area contributed by atoms with Crippen molar-refractivity contribution in [1.29, 1.82) is 0 Å². The van der Waals surface area contributed by atoms with Gasteiger partial charge in [-0.25, -0.2) is 8.42 Å². The van der Waals surface area contributed by atoms with Crippen molar-refractivity contribution in [2.45, 2.75) is 42.7 Å². The number of sulfonamides is 1. The second kappa shape index (κ2) is 9.60. The molecular weight excluding hydrogens is 450 g/mol. The number of nitrogens with zero attached hydrogens (tertiary/aromatic N) is 1. The predicted molar refractivity (Wildman–Crippen MR) is 122 cm³/mol. The Hall–Kier alpha value is -2.42. The van der Waals surface area contributed by atoms with E-state index < -0.39 is 16.1 Å². The molecule has 2 amide bonds. The molecule has 0 bridgehead atoms. The molecule has 2 aromatic carbocycles. The van der Waals surface area contributed by atoms with E-state index in [0.717, 1.165) is 12.8 Å². The summed E-state index contributed by atoms with van der Waals surface area (Å²) in [6.07, 6.45) is 2.85. The third-order valence-corrected chi connectivity index (χ3v) is 8.12. The highest BCUT2D eigenvalue weighted by Crippen LogP contribution is 2.28. The number of piperidine rings is 1. The summed E-state index contributed by atoms with van der Waals surface area (Å²) in [5.74, 6) is -0.661. The fourth-order valence-corrected chi connectivity index (χ4v) is 5.53. The average molecular weight is 476 g/mol. The smallest absolute Gasteiger partial charge is 0.251 e. The molecule has 170 valence electrons. The number of amides is 2. The van der Waals surface area contributed by atoms with Crippen LogP contribution in [0.4, 0.5) is 0 Å². The molecule has 1 heterocycles. The number of halogens is 1. The Balaban J connectivity index is 1.45. The SMILES string of the molecule is O=C(NC(C(=O)NC1CC1)C1CCN(S(=O)(=O)c2ccc(Cl)cc2)CC1)c1ccccc1. The Labute approximate surface area is 193 Å². The minimum atomic E-state index is -3.64. The Kier molecular flexibility index (Phi) is 6.83. The molecule has 32 heavy (non-hydrogen) atoms. The van der Waals surface area contributed by atoms with Gasteiger partial charge in [0.15, 0.2) is 0 Å². The van der Waals surface area contributed by atoms with Gasteiger partial charge in [-0.3, -0.25) is 9.59 Å².